The van der Waals surface area contributed by atoms with Gasteiger partial charge in [-0.05, 0) is 85.4 Å². The normalized spacial score (nSPS) is 19.6. The van der Waals surface area contributed by atoms with Gasteiger partial charge in [0.2, 0.25) is 5.52 Å². The van der Waals surface area contributed by atoms with Crippen LogP contribution < -0.4 is 9.47 Å². The molecule has 0 saturated carbocycles. The molecule has 0 fully saturated rings. The minimum absolute atomic E-state index is 0.198. The predicted molar refractivity (Wildman–Crippen MR) is 174 cm³/mol. The summed E-state index contributed by atoms with van der Waals surface area (Å²) >= 11 is 5.62. The monoisotopic (exact) mass is 595 g/mol. The molecule has 1 atom stereocenters. The summed E-state index contributed by atoms with van der Waals surface area (Å²) in [4.78, 5) is 6.10. The molecule has 3 aromatic rings. The van der Waals surface area contributed by atoms with Crippen molar-refractivity contribution in [3.8, 4) is 0 Å². The van der Waals surface area contributed by atoms with E-state index >= 15 is 0 Å². The van der Waals surface area contributed by atoms with Gasteiger partial charge in [0.05, 0.1) is 21.5 Å². The molecule has 0 N–H and O–H groups in total. The van der Waals surface area contributed by atoms with E-state index in [1.54, 1.807) is 0 Å². The van der Waals surface area contributed by atoms with Crippen LogP contribution in [0.3, 0.4) is 0 Å². The van der Waals surface area contributed by atoms with Crippen LogP contribution in [0, 0.1) is 5.41 Å². The molecule has 1 aliphatic heterocycles. The molecule has 1 aliphatic carbocycles. The first-order valence-electron chi connectivity index (χ1n) is 13.9. The zero-order chi connectivity index (χ0) is 27.7. The summed E-state index contributed by atoms with van der Waals surface area (Å²) in [5.74, 6) is 1.74. The first-order valence-corrected chi connectivity index (χ1v) is 17.9. The lowest BCUT2D eigenvalue weighted by Crippen LogP contribution is -2.33. The summed E-state index contributed by atoms with van der Waals surface area (Å²) in [6.07, 6.45) is 9.39. The Kier molecular flexibility index (Phi) is 8.82. The third kappa shape index (κ3) is 6.12. The highest BCUT2D eigenvalue weighted by Gasteiger charge is 2.29. The number of hydrogen-bond donors (Lipinski definition) is 0. The van der Waals surface area contributed by atoms with Crippen molar-refractivity contribution in [1.29, 1.82) is 0 Å². The number of benzene rings is 2. The van der Waals surface area contributed by atoms with Gasteiger partial charge in [0.25, 0.3) is 5.01 Å². The topological polar surface area (TPSA) is 24.2 Å². The van der Waals surface area contributed by atoms with Gasteiger partial charge in [-0.3, -0.25) is 4.21 Å². The molecule has 1 unspecified atom stereocenters. The van der Waals surface area contributed by atoms with E-state index in [-0.39, 0.29) is 5.41 Å². The van der Waals surface area contributed by atoms with Crippen molar-refractivity contribution in [2.75, 3.05) is 23.0 Å². The number of anilines is 1. The van der Waals surface area contributed by atoms with Crippen LogP contribution in [0.25, 0.3) is 16.3 Å². The summed E-state index contributed by atoms with van der Waals surface area (Å²) in [5, 5.41) is 2.60. The Bertz CT molecular complexity index is 1510. The molecule has 2 aliphatic rings. The number of aryl methyl sites for hydroxylation is 1. The Hall–Kier alpha value is -1.80. The third-order valence-corrected chi connectivity index (χ3v) is 11.6. The van der Waals surface area contributed by atoms with Crippen molar-refractivity contribution in [3.05, 3.63) is 69.7 Å². The number of aromatic nitrogens is 1. The molecule has 0 bridgehead atoms. The van der Waals surface area contributed by atoms with Crippen LogP contribution in [-0.4, -0.2) is 22.3 Å². The lowest BCUT2D eigenvalue weighted by molar-refractivity contribution is -0.665. The molecule has 2 aromatic carbocycles. The largest absolute Gasteiger partial charge is 0.335 e. The van der Waals surface area contributed by atoms with Gasteiger partial charge in [0.1, 0.15) is 11.2 Å². The molecule has 0 spiro atoms. The predicted octanol–water partition coefficient (Wildman–Crippen LogP) is 9.05. The zero-order valence-corrected chi connectivity index (χ0v) is 27.1. The molecule has 2 heterocycles. The number of thioether (sulfide) groups is 2. The highest BCUT2D eigenvalue weighted by atomic mass is 32.2. The van der Waals surface area contributed by atoms with Crippen LogP contribution >= 0.6 is 34.9 Å². The molecule has 5 rings (SSSR count). The molecule has 0 radical (unpaired) electrons. The SMILES string of the molecule is CCSc1ccc2c(c1)N(CC)C(=CC1=CC(=Cc3sc4cc(S(=O)CC)ccc4[n+]3CC)CC(C)(C)C1)S2. The first-order chi connectivity index (χ1) is 18.7. The number of thiazole rings is 1. The Labute approximate surface area is 248 Å². The fourth-order valence-corrected chi connectivity index (χ4v) is 9.60. The summed E-state index contributed by atoms with van der Waals surface area (Å²) < 4.78 is 16.0. The third-order valence-electron chi connectivity index (χ3n) is 7.23. The standard InChI is InChI=1S/C32H39N2OS4/c1-7-33-26-13-12-25(39(35)10-4)19-29(26)38-30(33)16-22-15-23(21-32(5,6)20-22)17-31-34(8-2)27-18-24(36-9-3)11-14-28(27)37-31/h11-19H,7-10,20-21H2,1-6H3/q+1. The average molecular weight is 596 g/mol. The molecule has 0 saturated heterocycles. The number of rotatable bonds is 8. The van der Waals surface area contributed by atoms with Gasteiger partial charge in [-0.1, -0.05) is 56.9 Å². The van der Waals surface area contributed by atoms with E-state index in [0.717, 1.165) is 36.6 Å². The number of hydrogen-bond acceptors (Lipinski definition) is 5. The minimum atomic E-state index is -0.932. The molecule has 39 heavy (non-hydrogen) atoms. The van der Waals surface area contributed by atoms with Gasteiger partial charge >= 0.3 is 0 Å². The Morgan fingerprint density at radius 3 is 2.62 bits per heavy atom. The summed E-state index contributed by atoms with van der Waals surface area (Å²) in [6, 6.07) is 13.2. The van der Waals surface area contributed by atoms with Gasteiger partial charge in [0, 0.05) is 39.1 Å². The highest BCUT2D eigenvalue weighted by molar-refractivity contribution is 8.03. The van der Waals surface area contributed by atoms with Crippen molar-refractivity contribution >= 4 is 67.6 Å². The van der Waals surface area contributed by atoms with Crippen LogP contribution in [0.2, 0.25) is 0 Å². The second-order valence-electron chi connectivity index (χ2n) is 10.8. The number of fused-ring (bicyclic) bond motifs is 2. The van der Waals surface area contributed by atoms with Crippen molar-refractivity contribution in [1.82, 2.24) is 0 Å². The lowest BCUT2D eigenvalue weighted by atomic mass is 9.75. The maximum absolute atomic E-state index is 12.4. The van der Waals surface area contributed by atoms with E-state index in [2.05, 4.69) is 92.6 Å². The highest BCUT2D eigenvalue weighted by Crippen LogP contribution is 2.49. The van der Waals surface area contributed by atoms with E-state index < -0.39 is 10.8 Å². The second kappa shape index (κ2) is 12.0. The lowest BCUT2D eigenvalue weighted by Gasteiger charge is -2.31. The maximum Gasteiger partial charge on any atom is 0.263 e. The van der Waals surface area contributed by atoms with Crippen LogP contribution in [0.1, 0.15) is 59.4 Å². The quantitative estimate of drug-likeness (QED) is 0.192. The number of nitrogens with zero attached hydrogens (tertiary/aromatic N) is 2. The summed E-state index contributed by atoms with van der Waals surface area (Å²) in [5.41, 5.74) is 5.56. The van der Waals surface area contributed by atoms with Gasteiger partial charge in [-0.2, -0.15) is 4.57 Å². The van der Waals surface area contributed by atoms with Gasteiger partial charge in [-0.15, -0.1) is 11.8 Å². The van der Waals surface area contributed by atoms with Gasteiger partial charge in [0.15, 0.2) is 0 Å². The van der Waals surface area contributed by atoms with E-state index in [9.17, 15) is 4.21 Å². The van der Waals surface area contributed by atoms with Gasteiger partial charge in [-0.25, -0.2) is 0 Å². The minimum Gasteiger partial charge on any atom is -0.335 e. The van der Waals surface area contributed by atoms with E-state index in [0.29, 0.717) is 5.75 Å². The smallest absolute Gasteiger partial charge is 0.263 e. The van der Waals surface area contributed by atoms with E-state index in [4.69, 9.17) is 0 Å². The molecule has 0 amide bonds. The Morgan fingerprint density at radius 1 is 1.08 bits per heavy atom. The molecule has 7 heteroatoms. The molecular formula is C32H39N2OS4+. The van der Waals surface area contributed by atoms with Crippen molar-refractivity contribution in [3.63, 3.8) is 0 Å². The van der Waals surface area contributed by atoms with Crippen molar-refractivity contribution < 1.29 is 8.78 Å². The second-order valence-corrected chi connectivity index (χ2v) is 16.0. The average Bonchev–Trinajstić information content (AvgIpc) is 3.42. The number of allylic oxidation sites excluding steroid dienone is 4. The molecular weight excluding hydrogens is 557 g/mol. The van der Waals surface area contributed by atoms with Crippen molar-refractivity contribution in [2.24, 2.45) is 5.41 Å². The van der Waals surface area contributed by atoms with Crippen LogP contribution in [0.15, 0.2) is 79.4 Å². The Balaban J connectivity index is 1.51. The fraction of sp³-hybridized carbons (Fsp3) is 0.406. The summed E-state index contributed by atoms with van der Waals surface area (Å²) in [6.45, 7) is 15.3. The molecule has 3 nitrogen and oxygen atoms in total. The van der Waals surface area contributed by atoms with Gasteiger partial charge < -0.3 is 4.90 Å². The first kappa shape index (κ1) is 28.7. The zero-order valence-electron chi connectivity index (χ0n) is 23.9. The molecule has 206 valence electrons. The molecule has 1 aromatic heterocycles. The summed E-state index contributed by atoms with van der Waals surface area (Å²) in [7, 11) is -0.932. The van der Waals surface area contributed by atoms with E-state index in [1.165, 1.54) is 46.9 Å². The van der Waals surface area contributed by atoms with Crippen LogP contribution in [0.5, 0.6) is 0 Å². The van der Waals surface area contributed by atoms with E-state index in [1.807, 2.05) is 47.9 Å². The maximum atomic E-state index is 12.4. The Morgan fingerprint density at radius 2 is 1.90 bits per heavy atom. The fourth-order valence-electron chi connectivity index (χ4n) is 5.61. The van der Waals surface area contributed by atoms with Crippen molar-refractivity contribution in [2.45, 2.75) is 75.6 Å². The van der Waals surface area contributed by atoms with Crippen LogP contribution in [-0.2, 0) is 17.3 Å². The van der Waals surface area contributed by atoms with Crippen LogP contribution in [0.4, 0.5) is 5.69 Å².